The van der Waals surface area contributed by atoms with Crippen LogP contribution in [0.15, 0.2) is 30.3 Å². The maximum absolute atomic E-state index is 14.9. The van der Waals surface area contributed by atoms with Gasteiger partial charge in [-0.05, 0) is 26.0 Å². The Morgan fingerprint density at radius 1 is 1.12 bits per heavy atom. The van der Waals surface area contributed by atoms with Gasteiger partial charge in [-0.1, -0.05) is 6.08 Å². The van der Waals surface area contributed by atoms with E-state index < -0.39 is 11.6 Å². The SMILES string of the molecule is C/C=C/c1cc(Nc2cc(NCCO)nc(Oc3cc(F)c4[nH]c(C)cc4c3F)n2)n[nH]1. The molecule has 0 saturated heterocycles. The maximum Gasteiger partial charge on any atom is 0.326 e. The van der Waals surface area contributed by atoms with Crippen molar-refractivity contribution in [1.29, 1.82) is 0 Å². The summed E-state index contributed by atoms with van der Waals surface area (Å²) in [4.78, 5) is 11.2. The molecule has 0 unspecified atom stereocenters. The molecule has 0 aliphatic carbocycles. The molecule has 0 radical (unpaired) electrons. The molecule has 32 heavy (non-hydrogen) atoms. The number of H-pyrrole nitrogens is 2. The Morgan fingerprint density at radius 2 is 1.94 bits per heavy atom. The minimum absolute atomic E-state index is 0.0597. The number of halogens is 2. The van der Waals surface area contributed by atoms with Gasteiger partial charge in [-0.15, -0.1) is 0 Å². The molecule has 0 fully saturated rings. The van der Waals surface area contributed by atoms with Gasteiger partial charge in [0.05, 0.1) is 17.8 Å². The summed E-state index contributed by atoms with van der Waals surface area (Å²) in [6.07, 6.45) is 3.71. The number of aryl methyl sites for hydroxylation is 1. The molecular weight excluding hydrogens is 420 g/mol. The number of anilines is 3. The van der Waals surface area contributed by atoms with Crippen molar-refractivity contribution in [2.75, 3.05) is 23.8 Å². The highest BCUT2D eigenvalue weighted by atomic mass is 19.1. The molecule has 0 spiro atoms. The molecule has 3 aromatic heterocycles. The van der Waals surface area contributed by atoms with Crippen molar-refractivity contribution in [3.05, 3.63) is 53.4 Å². The predicted octanol–water partition coefficient (Wildman–Crippen LogP) is 4.24. The normalized spacial score (nSPS) is 11.4. The van der Waals surface area contributed by atoms with Gasteiger partial charge < -0.3 is 25.5 Å². The van der Waals surface area contributed by atoms with E-state index >= 15 is 0 Å². The molecule has 11 heteroatoms. The highest BCUT2D eigenvalue weighted by Crippen LogP contribution is 2.32. The number of aromatic nitrogens is 5. The summed E-state index contributed by atoms with van der Waals surface area (Å²) >= 11 is 0. The monoisotopic (exact) mass is 441 g/mol. The fourth-order valence-corrected chi connectivity index (χ4v) is 3.11. The molecule has 5 N–H and O–H groups in total. The molecule has 9 nitrogen and oxygen atoms in total. The smallest absolute Gasteiger partial charge is 0.326 e. The van der Waals surface area contributed by atoms with E-state index in [1.54, 1.807) is 19.1 Å². The third-order valence-corrected chi connectivity index (χ3v) is 4.43. The van der Waals surface area contributed by atoms with Gasteiger partial charge in [0.2, 0.25) is 0 Å². The third kappa shape index (κ3) is 4.52. The summed E-state index contributed by atoms with van der Waals surface area (Å²) in [6, 6.07) is 5.55. The molecule has 0 aliphatic rings. The number of nitrogens with one attached hydrogen (secondary N) is 4. The average molecular weight is 441 g/mol. The Balaban J connectivity index is 1.67. The number of benzene rings is 1. The van der Waals surface area contributed by atoms with E-state index in [0.717, 1.165) is 11.8 Å². The topological polar surface area (TPSA) is 124 Å². The number of rotatable bonds is 8. The van der Waals surface area contributed by atoms with Gasteiger partial charge in [0.25, 0.3) is 0 Å². The summed E-state index contributed by atoms with van der Waals surface area (Å²) in [5.41, 5.74) is 1.46. The Kier molecular flexibility index (Phi) is 5.99. The highest BCUT2D eigenvalue weighted by molar-refractivity contribution is 5.83. The van der Waals surface area contributed by atoms with Crippen molar-refractivity contribution in [1.82, 2.24) is 25.1 Å². The van der Waals surface area contributed by atoms with E-state index in [1.165, 1.54) is 6.07 Å². The van der Waals surface area contributed by atoms with Gasteiger partial charge in [-0.2, -0.15) is 15.1 Å². The van der Waals surface area contributed by atoms with Crippen LogP contribution < -0.4 is 15.4 Å². The Morgan fingerprint density at radius 3 is 2.72 bits per heavy atom. The molecule has 166 valence electrons. The molecule has 4 aromatic rings. The number of hydrogen-bond acceptors (Lipinski definition) is 7. The number of allylic oxidation sites excluding steroid dienone is 1. The zero-order chi connectivity index (χ0) is 22.7. The number of nitrogens with zero attached hydrogens (tertiary/aromatic N) is 3. The maximum atomic E-state index is 14.9. The van der Waals surface area contributed by atoms with Crippen LogP contribution in [0.3, 0.4) is 0 Å². The van der Waals surface area contributed by atoms with Crippen molar-refractivity contribution in [2.45, 2.75) is 13.8 Å². The average Bonchev–Trinajstić information content (AvgIpc) is 3.37. The van der Waals surface area contributed by atoms with Gasteiger partial charge >= 0.3 is 6.01 Å². The molecule has 0 aliphatic heterocycles. The van der Waals surface area contributed by atoms with Crippen molar-refractivity contribution in [3.63, 3.8) is 0 Å². The standard InChI is InChI=1S/C21H21F2N7O2/c1-3-4-12-8-18(30-29-12)26-17-10-16(24-5-6-31)27-21(28-17)32-15-9-14(22)20-13(19(15)23)7-11(2)25-20/h3-4,7-10,25,31H,5-6H2,1-2H3,(H3,24,26,27,28,29,30)/b4-3+. The van der Waals surface area contributed by atoms with Crippen LogP contribution in [0.1, 0.15) is 18.3 Å². The Labute approximate surface area is 181 Å². The molecule has 0 bridgehead atoms. The van der Waals surface area contributed by atoms with Crippen LogP contribution >= 0.6 is 0 Å². The highest BCUT2D eigenvalue weighted by Gasteiger charge is 2.18. The molecule has 4 rings (SSSR count). The number of aromatic amines is 2. The molecular formula is C21H21F2N7O2. The number of aliphatic hydroxyl groups is 1. The quantitative estimate of drug-likeness (QED) is 0.277. The van der Waals surface area contributed by atoms with Crippen LogP contribution in [0.25, 0.3) is 17.0 Å². The number of ether oxygens (including phenoxy) is 1. The molecule has 0 amide bonds. The molecule has 0 saturated carbocycles. The van der Waals surface area contributed by atoms with Gasteiger partial charge in [0.1, 0.15) is 11.6 Å². The summed E-state index contributed by atoms with van der Waals surface area (Å²) < 4.78 is 34.9. The lowest BCUT2D eigenvalue weighted by Crippen LogP contribution is -2.09. The largest absolute Gasteiger partial charge is 0.421 e. The first-order valence-corrected chi connectivity index (χ1v) is 9.81. The third-order valence-electron chi connectivity index (χ3n) is 4.43. The van der Waals surface area contributed by atoms with Crippen LogP contribution in [-0.2, 0) is 0 Å². The summed E-state index contributed by atoms with van der Waals surface area (Å²) in [6.45, 7) is 3.68. The number of aliphatic hydroxyl groups excluding tert-OH is 1. The Hall–Kier alpha value is -3.99. The second kappa shape index (κ2) is 9.02. The minimum Gasteiger partial charge on any atom is -0.421 e. The van der Waals surface area contributed by atoms with Crippen molar-refractivity contribution in [2.24, 2.45) is 0 Å². The van der Waals surface area contributed by atoms with Crippen LogP contribution in [0, 0.1) is 18.6 Å². The van der Waals surface area contributed by atoms with Crippen LogP contribution in [-0.4, -0.2) is 43.4 Å². The van der Waals surface area contributed by atoms with Crippen molar-refractivity contribution >= 4 is 34.4 Å². The van der Waals surface area contributed by atoms with E-state index in [0.29, 0.717) is 23.1 Å². The van der Waals surface area contributed by atoms with Crippen LogP contribution in [0.2, 0.25) is 0 Å². The lowest BCUT2D eigenvalue weighted by molar-refractivity contribution is 0.311. The van der Waals surface area contributed by atoms with Gasteiger partial charge in [-0.25, -0.2) is 8.78 Å². The van der Waals surface area contributed by atoms with Crippen LogP contribution in [0.5, 0.6) is 11.8 Å². The van der Waals surface area contributed by atoms with Gasteiger partial charge in [-0.3, -0.25) is 5.10 Å². The van der Waals surface area contributed by atoms with Gasteiger partial charge in [0, 0.05) is 35.8 Å². The van der Waals surface area contributed by atoms with E-state index in [-0.39, 0.29) is 35.8 Å². The van der Waals surface area contributed by atoms with E-state index in [9.17, 15) is 8.78 Å². The van der Waals surface area contributed by atoms with Crippen molar-refractivity contribution in [3.8, 4) is 11.8 Å². The number of fused-ring (bicyclic) bond motifs is 1. The zero-order valence-electron chi connectivity index (χ0n) is 17.3. The van der Waals surface area contributed by atoms with Crippen molar-refractivity contribution < 1.29 is 18.6 Å². The molecule has 1 aromatic carbocycles. The fraction of sp³-hybridized carbons (Fsp3) is 0.190. The zero-order valence-corrected chi connectivity index (χ0v) is 17.3. The fourth-order valence-electron chi connectivity index (χ4n) is 3.11. The minimum atomic E-state index is -0.735. The Bertz CT molecular complexity index is 1280. The first-order valence-electron chi connectivity index (χ1n) is 9.81. The molecule has 3 heterocycles. The lowest BCUT2D eigenvalue weighted by Gasteiger charge is -2.11. The molecule has 0 atom stereocenters. The van der Waals surface area contributed by atoms with Crippen LogP contribution in [0.4, 0.5) is 26.2 Å². The summed E-state index contributed by atoms with van der Waals surface area (Å²) in [7, 11) is 0. The lowest BCUT2D eigenvalue weighted by atomic mass is 10.2. The van der Waals surface area contributed by atoms with E-state index in [4.69, 9.17) is 9.84 Å². The summed E-state index contributed by atoms with van der Waals surface area (Å²) in [5.74, 6) is -0.651. The number of hydrogen-bond donors (Lipinski definition) is 5. The van der Waals surface area contributed by atoms with Gasteiger partial charge in [0.15, 0.2) is 23.2 Å². The first kappa shape index (κ1) is 21.2. The predicted molar refractivity (Wildman–Crippen MR) is 117 cm³/mol. The van der Waals surface area contributed by atoms with E-state index in [2.05, 4.69) is 35.8 Å². The van der Waals surface area contributed by atoms with E-state index in [1.807, 2.05) is 19.1 Å². The second-order valence-corrected chi connectivity index (χ2v) is 6.92. The second-order valence-electron chi connectivity index (χ2n) is 6.92. The summed E-state index contributed by atoms with van der Waals surface area (Å²) in [5, 5.41) is 22.0. The first-order chi connectivity index (χ1) is 15.5.